The minimum Gasteiger partial charge on any atom is -0.481 e. The van der Waals surface area contributed by atoms with E-state index < -0.39 is 5.97 Å². The molecule has 0 aromatic carbocycles. The van der Waals surface area contributed by atoms with Gasteiger partial charge in [-0.3, -0.25) is 4.79 Å². The third-order valence-electron chi connectivity index (χ3n) is 4.05. The van der Waals surface area contributed by atoms with Gasteiger partial charge >= 0.3 is 12.0 Å². The lowest BCUT2D eigenvalue weighted by Crippen LogP contribution is -2.35. The molecule has 1 saturated carbocycles. The lowest BCUT2D eigenvalue weighted by molar-refractivity contribution is -0.137. The summed E-state index contributed by atoms with van der Waals surface area (Å²) in [4.78, 5) is 24.0. The van der Waals surface area contributed by atoms with Crippen molar-refractivity contribution in [2.45, 2.75) is 51.0 Å². The molecule has 2 amide bonds. The number of urea groups is 1. The van der Waals surface area contributed by atoms with Gasteiger partial charge in [-0.1, -0.05) is 19.3 Å². The number of amides is 2. The molecular formula is C13H22N2O3. The summed E-state index contributed by atoms with van der Waals surface area (Å²) in [6.45, 7) is 1.31. The molecule has 1 atom stereocenters. The van der Waals surface area contributed by atoms with Crippen molar-refractivity contribution in [1.82, 2.24) is 10.2 Å². The fourth-order valence-corrected chi connectivity index (χ4v) is 3.03. The van der Waals surface area contributed by atoms with Crippen molar-refractivity contribution in [2.75, 3.05) is 13.1 Å². The minimum atomic E-state index is -0.793. The van der Waals surface area contributed by atoms with Crippen molar-refractivity contribution in [3.63, 3.8) is 0 Å². The van der Waals surface area contributed by atoms with Gasteiger partial charge in [0.2, 0.25) is 0 Å². The maximum absolute atomic E-state index is 11.8. The van der Waals surface area contributed by atoms with Gasteiger partial charge in [-0.25, -0.2) is 4.79 Å². The Morgan fingerprint density at radius 3 is 2.72 bits per heavy atom. The van der Waals surface area contributed by atoms with Crippen LogP contribution in [0.2, 0.25) is 0 Å². The Kier molecular flexibility index (Phi) is 4.44. The summed E-state index contributed by atoms with van der Waals surface area (Å²) >= 11 is 0. The quantitative estimate of drug-likeness (QED) is 0.786. The summed E-state index contributed by atoms with van der Waals surface area (Å²) in [7, 11) is 0. The van der Waals surface area contributed by atoms with E-state index in [2.05, 4.69) is 5.32 Å². The van der Waals surface area contributed by atoms with Crippen LogP contribution in [-0.2, 0) is 4.79 Å². The van der Waals surface area contributed by atoms with Crippen LogP contribution in [0.1, 0.15) is 44.9 Å². The number of hydrogen-bond acceptors (Lipinski definition) is 2. The molecule has 5 heteroatoms. The molecule has 1 heterocycles. The average Bonchev–Trinajstić information content (AvgIpc) is 2.72. The molecule has 18 heavy (non-hydrogen) atoms. The number of carboxylic acid groups (broad SMARTS) is 1. The highest BCUT2D eigenvalue weighted by Gasteiger charge is 2.34. The predicted molar refractivity (Wildman–Crippen MR) is 67.3 cm³/mol. The van der Waals surface area contributed by atoms with E-state index in [0.717, 1.165) is 6.54 Å². The van der Waals surface area contributed by atoms with Crippen LogP contribution >= 0.6 is 0 Å². The minimum absolute atomic E-state index is 0.0176. The Bertz CT molecular complexity index is 313. The molecule has 0 spiro atoms. The Hall–Kier alpha value is -1.26. The van der Waals surface area contributed by atoms with Gasteiger partial charge in [0.15, 0.2) is 0 Å². The van der Waals surface area contributed by atoms with Gasteiger partial charge in [-0.2, -0.15) is 0 Å². The van der Waals surface area contributed by atoms with Gasteiger partial charge in [0, 0.05) is 19.5 Å². The molecule has 2 fully saturated rings. The first kappa shape index (κ1) is 13.2. The summed E-state index contributed by atoms with van der Waals surface area (Å²) in [5.74, 6) is -0.175. The molecule has 1 saturated heterocycles. The first-order valence-electron chi connectivity index (χ1n) is 6.94. The van der Waals surface area contributed by atoms with Gasteiger partial charge < -0.3 is 15.3 Å². The second-order valence-corrected chi connectivity index (χ2v) is 5.40. The van der Waals surface area contributed by atoms with E-state index in [9.17, 15) is 9.59 Å². The fraction of sp³-hybridized carbons (Fsp3) is 0.846. The van der Waals surface area contributed by atoms with E-state index in [-0.39, 0.29) is 18.5 Å². The average molecular weight is 254 g/mol. The van der Waals surface area contributed by atoms with Gasteiger partial charge in [-0.05, 0) is 25.2 Å². The van der Waals surface area contributed by atoms with Crippen LogP contribution in [0, 0.1) is 5.92 Å². The number of carbonyl (C=O) groups is 2. The van der Waals surface area contributed by atoms with E-state index in [1.54, 1.807) is 4.90 Å². The number of carbonyl (C=O) groups excluding carboxylic acids is 1. The Morgan fingerprint density at radius 1 is 1.33 bits per heavy atom. The molecule has 2 rings (SSSR count). The molecule has 2 aliphatic rings. The first-order chi connectivity index (χ1) is 8.66. The standard InChI is InChI=1S/C13H22N2O3/c16-12(17)7-4-8-15-9-11(14-13(15)18)10-5-2-1-3-6-10/h10-11H,1-9H2,(H,14,18)(H,16,17). The van der Waals surface area contributed by atoms with Crippen LogP contribution in [0.3, 0.4) is 0 Å². The fourth-order valence-electron chi connectivity index (χ4n) is 3.03. The molecule has 0 radical (unpaired) electrons. The van der Waals surface area contributed by atoms with Gasteiger partial charge in [0.05, 0.1) is 6.04 Å². The molecule has 0 aromatic heterocycles. The van der Waals surface area contributed by atoms with E-state index in [0.29, 0.717) is 18.9 Å². The van der Waals surface area contributed by atoms with Crippen LogP contribution in [0.15, 0.2) is 0 Å². The number of hydrogen-bond donors (Lipinski definition) is 2. The zero-order valence-corrected chi connectivity index (χ0v) is 10.7. The molecule has 5 nitrogen and oxygen atoms in total. The molecule has 102 valence electrons. The van der Waals surface area contributed by atoms with Crippen molar-refractivity contribution in [3.05, 3.63) is 0 Å². The molecule has 2 N–H and O–H groups in total. The lowest BCUT2D eigenvalue weighted by atomic mass is 9.84. The van der Waals surface area contributed by atoms with Crippen molar-refractivity contribution in [1.29, 1.82) is 0 Å². The van der Waals surface area contributed by atoms with E-state index >= 15 is 0 Å². The van der Waals surface area contributed by atoms with E-state index in [4.69, 9.17) is 5.11 Å². The monoisotopic (exact) mass is 254 g/mol. The van der Waals surface area contributed by atoms with Gasteiger partial charge in [-0.15, -0.1) is 0 Å². The zero-order valence-electron chi connectivity index (χ0n) is 10.7. The van der Waals surface area contributed by atoms with Crippen molar-refractivity contribution in [3.8, 4) is 0 Å². The van der Waals surface area contributed by atoms with Crippen LogP contribution in [-0.4, -0.2) is 41.1 Å². The number of aliphatic carboxylic acids is 1. The molecule has 0 bridgehead atoms. The molecular weight excluding hydrogens is 232 g/mol. The Balaban J connectivity index is 1.77. The highest BCUT2D eigenvalue weighted by Crippen LogP contribution is 2.28. The van der Waals surface area contributed by atoms with E-state index in [1.807, 2.05) is 0 Å². The summed E-state index contributed by atoms with van der Waals surface area (Å²) in [6.07, 6.45) is 6.98. The summed E-state index contributed by atoms with van der Waals surface area (Å²) in [5, 5.41) is 11.6. The molecule has 0 aromatic rings. The highest BCUT2D eigenvalue weighted by atomic mass is 16.4. The van der Waals surface area contributed by atoms with Crippen LogP contribution in [0.5, 0.6) is 0 Å². The van der Waals surface area contributed by atoms with Crippen LogP contribution in [0.25, 0.3) is 0 Å². The number of rotatable bonds is 5. The van der Waals surface area contributed by atoms with Crippen molar-refractivity contribution >= 4 is 12.0 Å². The molecule has 1 unspecified atom stereocenters. The summed E-state index contributed by atoms with van der Waals surface area (Å²) in [5.41, 5.74) is 0. The van der Waals surface area contributed by atoms with Crippen LogP contribution in [0.4, 0.5) is 4.79 Å². The second kappa shape index (κ2) is 6.07. The van der Waals surface area contributed by atoms with Gasteiger partial charge in [0.25, 0.3) is 0 Å². The van der Waals surface area contributed by atoms with Crippen molar-refractivity contribution < 1.29 is 14.7 Å². The molecule has 1 aliphatic heterocycles. The number of nitrogens with zero attached hydrogens (tertiary/aromatic N) is 1. The maximum atomic E-state index is 11.8. The summed E-state index contributed by atoms with van der Waals surface area (Å²) in [6, 6.07) is 0.263. The third-order valence-corrected chi connectivity index (χ3v) is 4.05. The Morgan fingerprint density at radius 2 is 2.06 bits per heavy atom. The summed E-state index contributed by atoms with van der Waals surface area (Å²) < 4.78 is 0. The normalized spacial score (nSPS) is 25.2. The largest absolute Gasteiger partial charge is 0.481 e. The van der Waals surface area contributed by atoms with E-state index in [1.165, 1.54) is 32.1 Å². The number of nitrogens with one attached hydrogen (secondary N) is 1. The van der Waals surface area contributed by atoms with Gasteiger partial charge in [0.1, 0.15) is 0 Å². The zero-order chi connectivity index (χ0) is 13.0. The lowest BCUT2D eigenvalue weighted by Gasteiger charge is -2.26. The smallest absolute Gasteiger partial charge is 0.317 e. The number of carboxylic acids is 1. The van der Waals surface area contributed by atoms with Crippen molar-refractivity contribution in [2.24, 2.45) is 5.92 Å². The van der Waals surface area contributed by atoms with Crippen LogP contribution < -0.4 is 5.32 Å². The first-order valence-corrected chi connectivity index (χ1v) is 6.94. The SMILES string of the molecule is O=C(O)CCCN1CC(C2CCCCC2)NC1=O. The maximum Gasteiger partial charge on any atom is 0.317 e. The molecule has 1 aliphatic carbocycles. The predicted octanol–water partition coefficient (Wildman–Crippen LogP) is 1.83. The highest BCUT2D eigenvalue weighted by molar-refractivity contribution is 5.77. The second-order valence-electron chi connectivity index (χ2n) is 5.40. The topological polar surface area (TPSA) is 69.6 Å². The Labute approximate surface area is 108 Å². The third kappa shape index (κ3) is 3.37.